The molecule has 0 radical (unpaired) electrons. The fourth-order valence-corrected chi connectivity index (χ4v) is 5.62. The van der Waals surface area contributed by atoms with Gasteiger partial charge in [-0.15, -0.1) is 0 Å². The zero-order valence-electron chi connectivity index (χ0n) is 13.5. The van der Waals surface area contributed by atoms with Crippen LogP contribution in [0.15, 0.2) is 17.0 Å². The van der Waals surface area contributed by atoms with Gasteiger partial charge in [-0.25, -0.2) is 13.1 Å². The van der Waals surface area contributed by atoms with Crippen molar-refractivity contribution in [3.8, 4) is 0 Å². The topological polar surface area (TPSA) is 58.2 Å². The Morgan fingerprint density at radius 2 is 1.57 bits per heavy atom. The largest absolute Gasteiger partial charge is 0.307 e. The molecule has 1 fully saturated rings. The summed E-state index contributed by atoms with van der Waals surface area (Å²) in [6.07, 6.45) is 1.35. The van der Waals surface area contributed by atoms with Gasteiger partial charge in [0.25, 0.3) is 0 Å². The molecule has 2 N–H and O–H groups in total. The fourth-order valence-electron chi connectivity index (χ4n) is 3.40. The third-order valence-corrected chi connectivity index (χ3v) is 6.77. The minimum Gasteiger partial charge on any atom is -0.307 e. The maximum Gasteiger partial charge on any atom is 0.242 e. The van der Waals surface area contributed by atoms with Gasteiger partial charge < -0.3 is 5.32 Å². The van der Waals surface area contributed by atoms with Crippen molar-refractivity contribution in [1.29, 1.82) is 0 Å². The number of rotatable bonds is 3. The molecule has 1 saturated heterocycles. The molecule has 1 heterocycles. The van der Waals surface area contributed by atoms with Crippen LogP contribution in [0.1, 0.15) is 40.5 Å². The molecule has 0 saturated carbocycles. The SMILES string of the molecule is CC1(C)CC(NS(=O)(=O)c2ccc(Cl)c(Cl)c2Cl)CC(C)(C)N1. The number of nitrogens with one attached hydrogen (secondary N) is 2. The predicted octanol–water partition coefficient (Wildman–Crippen LogP) is 4.23. The van der Waals surface area contributed by atoms with Crippen LogP contribution in [0.3, 0.4) is 0 Å². The lowest BCUT2D eigenvalue weighted by molar-refractivity contribution is 0.157. The molecule has 0 bridgehead atoms. The third kappa shape index (κ3) is 4.53. The molecule has 1 aliphatic rings. The van der Waals surface area contributed by atoms with Crippen LogP contribution in [0.5, 0.6) is 0 Å². The summed E-state index contributed by atoms with van der Waals surface area (Å²) in [5, 5.41) is 3.73. The highest BCUT2D eigenvalue weighted by Gasteiger charge is 2.39. The maximum absolute atomic E-state index is 12.7. The van der Waals surface area contributed by atoms with Crippen LogP contribution < -0.4 is 10.0 Å². The third-order valence-electron chi connectivity index (χ3n) is 3.80. The summed E-state index contributed by atoms with van der Waals surface area (Å²) >= 11 is 17.9. The molecule has 130 valence electrons. The van der Waals surface area contributed by atoms with E-state index in [9.17, 15) is 8.42 Å². The van der Waals surface area contributed by atoms with Crippen molar-refractivity contribution in [2.24, 2.45) is 0 Å². The van der Waals surface area contributed by atoms with Gasteiger partial charge in [-0.05, 0) is 52.7 Å². The van der Waals surface area contributed by atoms with E-state index in [1.54, 1.807) is 0 Å². The summed E-state index contributed by atoms with van der Waals surface area (Å²) in [6.45, 7) is 8.23. The first-order valence-electron chi connectivity index (χ1n) is 7.28. The first-order chi connectivity index (χ1) is 10.3. The van der Waals surface area contributed by atoms with Crippen LogP contribution in [0.2, 0.25) is 15.1 Å². The molecule has 23 heavy (non-hydrogen) atoms. The van der Waals surface area contributed by atoms with E-state index in [1.807, 2.05) is 0 Å². The van der Waals surface area contributed by atoms with E-state index in [1.165, 1.54) is 12.1 Å². The minimum atomic E-state index is -3.78. The monoisotopic (exact) mass is 398 g/mol. The van der Waals surface area contributed by atoms with E-state index in [-0.39, 0.29) is 37.1 Å². The predicted molar refractivity (Wildman–Crippen MR) is 96.1 cm³/mol. The van der Waals surface area contributed by atoms with E-state index in [0.717, 1.165) is 0 Å². The van der Waals surface area contributed by atoms with Crippen molar-refractivity contribution < 1.29 is 8.42 Å². The van der Waals surface area contributed by atoms with Gasteiger partial charge in [0, 0.05) is 17.1 Å². The summed E-state index contributed by atoms with van der Waals surface area (Å²) in [5.41, 5.74) is -0.341. The molecule has 2 rings (SSSR count). The van der Waals surface area contributed by atoms with Gasteiger partial charge in [0.2, 0.25) is 10.0 Å². The van der Waals surface area contributed by atoms with Crippen LogP contribution in [0, 0.1) is 0 Å². The average molecular weight is 400 g/mol. The quantitative estimate of drug-likeness (QED) is 0.748. The van der Waals surface area contributed by atoms with E-state index in [4.69, 9.17) is 34.8 Å². The summed E-state index contributed by atoms with van der Waals surface area (Å²) < 4.78 is 28.1. The Hall–Kier alpha value is -0.0400. The Morgan fingerprint density at radius 1 is 1.04 bits per heavy atom. The average Bonchev–Trinajstić information content (AvgIpc) is 2.30. The Bertz CT molecular complexity index is 702. The lowest BCUT2D eigenvalue weighted by atomic mass is 9.80. The van der Waals surface area contributed by atoms with Crippen LogP contribution >= 0.6 is 34.8 Å². The summed E-state index contributed by atoms with van der Waals surface area (Å²) in [4.78, 5) is -0.0530. The zero-order chi connectivity index (χ0) is 17.6. The standard InChI is InChI=1S/C15H21Cl3N2O2S/c1-14(2)7-9(8-15(3,4)20-14)19-23(21,22)11-6-5-10(16)12(17)13(11)18/h5-6,9,19-20H,7-8H2,1-4H3. The van der Waals surface area contributed by atoms with Crippen molar-refractivity contribution in [3.05, 3.63) is 27.2 Å². The van der Waals surface area contributed by atoms with Crippen LogP contribution in [0.25, 0.3) is 0 Å². The smallest absolute Gasteiger partial charge is 0.242 e. The first kappa shape index (κ1) is 19.3. The Balaban J connectivity index is 2.30. The normalized spacial score (nSPS) is 21.3. The molecule has 0 atom stereocenters. The van der Waals surface area contributed by atoms with E-state index in [2.05, 4.69) is 37.7 Å². The molecule has 1 aliphatic heterocycles. The van der Waals surface area contributed by atoms with Gasteiger partial charge >= 0.3 is 0 Å². The zero-order valence-corrected chi connectivity index (χ0v) is 16.6. The Morgan fingerprint density at radius 3 is 2.09 bits per heavy atom. The summed E-state index contributed by atoms with van der Waals surface area (Å²) in [6, 6.07) is 2.61. The molecule has 0 aliphatic carbocycles. The number of hydrogen-bond acceptors (Lipinski definition) is 3. The maximum atomic E-state index is 12.7. The van der Waals surface area contributed by atoms with Gasteiger partial charge in [0.15, 0.2) is 0 Å². The second kappa shape index (κ2) is 6.36. The number of hydrogen-bond donors (Lipinski definition) is 2. The molecule has 4 nitrogen and oxygen atoms in total. The molecule has 1 aromatic rings. The molecule has 1 aromatic carbocycles. The lowest BCUT2D eigenvalue weighted by Gasteiger charge is -2.46. The van der Waals surface area contributed by atoms with E-state index >= 15 is 0 Å². The second-order valence-electron chi connectivity index (χ2n) is 7.29. The van der Waals surface area contributed by atoms with Crippen molar-refractivity contribution >= 4 is 44.8 Å². The lowest BCUT2D eigenvalue weighted by Crippen LogP contribution is -2.62. The molecule has 0 aromatic heterocycles. The highest BCUT2D eigenvalue weighted by Crippen LogP contribution is 2.36. The van der Waals surface area contributed by atoms with Crippen molar-refractivity contribution in [2.75, 3.05) is 0 Å². The van der Waals surface area contributed by atoms with Crippen molar-refractivity contribution in [3.63, 3.8) is 0 Å². The Labute approximate surface area is 152 Å². The fraction of sp³-hybridized carbons (Fsp3) is 0.600. The van der Waals surface area contributed by atoms with Crippen LogP contribution in [-0.2, 0) is 10.0 Å². The van der Waals surface area contributed by atoms with Crippen LogP contribution in [-0.4, -0.2) is 25.5 Å². The van der Waals surface area contributed by atoms with Gasteiger partial charge in [0.1, 0.15) is 4.90 Å². The summed E-state index contributed by atoms with van der Waals surface area (Å²) in [5.74, 6) is 0. The minimum absolute atomic E-state index is 0.0437. The van der Waals surface area contributed by atoms with Gasteiger partial charge in [0.05, 0.1) is 15.1 Å². The number of piperidine rings is 1. The highest BCUT2D eigenvalue weighted by atomic mass is 35.5. The van der Waals surface area contributed by atoms with Crippen molar-refractivity contribution in [2.45, 2.75) is 62.6 Å². The van der Waals surface area contributed by atoms with Gasteiger partial charge in [-0.3, -0.25) is 0 Å². The summed E-state index contributed by atoms with van der Waals surface area (Å²) in [7, 11) is -3.78. The second-order valence-corrected chi connectivity index (χ2v) is 10.1. The molecule has 0 spiro atoms. The number of sulfonamides is 1. The van der Waals surface area contributed by atoms with Gasteiger partial charge in [-0.1, -0.05) is 34.8 Å². The molecule has 0 amide bonds. The van der Waals surface area contributed by atoms with E-state index in [0.29, 0.717) is 12.8 Å². The molecule has 8 heteroatoms. The molecule has 0 unspecified atom stereocenters. The van der Waals surface area contributed by atoms with Crippen molar-refractivity contribution in [1.82, 2.24) is 10.0 Å². The van der Waals surface area contributed by atoms with Crippen LogP contribution in [0.4, 0.5) is 0 Å². The molecular weight excluding hydrogens is 379 g/mol. The van der Waals surface area contributed by atoms with Gasteiger partial charge in [-0.2, -0.15) is 0 Å². The van der Waals surface area contributed by atoms with E-state index < -0.39 is 10.0 Å². The number of halogens is 3. The molecular formula is C15H21Cl3N2O2S. The number of benzene rings is 1. The highest BCUT2D eigenvalue weighted by molar-refractivity contribution is 7.89. The Kier molecular flexibility index (Phi) is 5.33. The first-order valence-corrected chi connectivity index (χ1v) is 9.90.